The van der Waals surface area contributed by atoms with E-state index in [0.29, 0.717) is 5.92 Å². The molecule has 0 saturated carbocycles. The molecule has 0 aromatic heterocycles. The smallest absolute Gasteiger partial charge is 0.110 e. The summed E-state index contributed by atoms with van der Waals surface area (Å²) in [6.07, 6.45) is 8.53. The SMILES string of the molecule is IOC(c1ccccc1)C1C=CCCC1. The van der Waals surface area contributed by atoms with Gasteiger partial charge >= 0.3 is 0 Å². The zero-order chi connectivity index (χ0) is 10.5. The molecule has 0 radical (unpaired) electrons. The van der Waals surface area contributed by atoms with Crippen LogP contribution < -0.4 is 0 Å². The van der Waals surface area contributed by atoms with Gasteiger partial charge in [0.2, 0.25) is 0 Å². The summed E-state index contributed by atoms with van der Waals surface area (Å²) in [5.41, 5.74) is 1.28. The van der Waals surface area contributed by atoms with E-state index in [0.717, 1.165) is 0 Å². The van der Waals surface area contributed by atoms with E-state index < -0.39 is 0 Å². The molecule has 0 amide bonds. The van der Waals surface area contributed by atoms with Crippen molar-refractivity contribution in [3.8, 4) is 0 Å². The zero-order valence-corrected chi connectivity index (χ0v) is 10.8. The third kappa shape index (κ3) is 2.82. The van der Waals surface area contributed by atoms with Crippen molar-refractivity contribution in [2.24, 2.45) is 5.92 Å². The fraction of sp³-hybridized carbons (Fsp3) is 0.385. The van der Waals surface area contributed by atoms with E-state index in [-0.39, 0.29) is 6.10 Å². The Morgan fingerprint density at radius 1 is 1.27 bits per heavy atom. The van der Waals surface area contributed by atoms with E-state index in [1.807, 2.05) is 29.1 Å². The Hall–Kier alpha value is -0.350. The summed E-state index contributed by atoms with van der Waals surface area (Å²) in [6, 6.07) is 10.5. The molecule has 0 bridgehead atoms. The van der Waals surface area contributed by atoms with Crippen molar-refractivity contribution in [1.82, 2.24) is 0 Å². The molecule has 0 N–H and O–H groups in total. The van der Waals surface area contributed by atoms with Gasteiger partial charge < -0.3 is 3.07 Å². The molecule has 1 aromatic rings. The highest BCUT2D eigenvalue weighted by molar-refractivity contribution is 14.1. The molecule has 2 heteroatoms. The van der Waals surface area contributed by atoms with E-state index in [1.54, 1.807) is 0 Å². The Morgan fingerprint density at radius 3 is 2.67 bits per heavy atom. The van der Waals surface area contributed by atoms with E-state index in [9.17, 15) is 0 Å². The molecular formula is C13H15IO. The summed E-state index contributed by atoms with van der Waals surface area (Å²) in [5, 5.41) is 0. The minimum absolute atomic E-state index is 0.211. The van der Waals surface area contributed by atoms with Gasteiger partial charge in [-0.3, -0.25) is 0 Å². The quantitative estimate of drug-likeness (QED) is 0.591. The van der Waals surface area contributed by atoms with Crippen molar-refractivity contribution in [2.75, 3.05) is 0 Å². The van der Waals surface area contributed by atoms with Gasteiger partial charge in [-0.1, -0.05) is 42.5 Å². The van der Waals surface area contributed by atoms with Crippen molar-refractivity contribution in [2.45, 2.75) is 25.4 Å². The zero-order valence-electron chi connectivity index (χ0n) is 8.60. The first kappa shape index (κ1) is 11.1. The number of hydrogen-bond donors (Lipinski definition) is 0. The van der Waals surface area contributed by atoms with E-state index in [4.69, 9.17) is 3.07 Å². The Kier molecular flexibility index (Phi) is 4.20. The Balaban J connectivity index is 2.16. The molecule has 0 aliphatic heterocycles. The highest BCUT2D eigenvalue weighted by atomic mass is 127. The van der Waals surface area contributed by atoms with Gasteiger partial charge in [0, 0.05) is 5.92 Å². The summed E-state index contributed by atoms with van der Waals surface area (Å²) in [7, 11) is 0. The number of allylic oxidation sites excluding steroid dienone is 1. The third-order valence-corrected chi connectivity index (χ3v) is 3.45. The molecule has 0 fully saturated rings. The monoisotopic (exact) mass is 314 g/mol. The van der Waals surface area contributed by atoms with Crippen LogP contribution in [-0.2, 0) is 3.07 Å². The summed E-state index contributed by atoms with van der Waals surface area (Å²) in [6.45, 7) is 0. The average Bonchev–Trinajstić information content (AvgIpc) is 2.33. The predicted molar refractivity (Wildman–Crippen MR) is 70.8 cm³/mol. The van der Waals surface area contributed by atoms with Gasteiger partial charge in [0.15, 0.2) is 0 Å². The maximum atomic E-state index is 5.59. The second kappa shape index (κ2) is 5.66. The van der Waals surface area contributed by atoms with Crippen LogP contribution in [0.3, 0.4) is 0 Å². The third-order valence-electron chi connectivity index (χ3n) is 2.90. The fourth-order valence-corrected chi connectivity index (χ4v) is 2.77. The first-order valence-corrected chi connectivity index (χ1v) is 6.29. The van der Waals surface area contributed by atoms with Gasteiger partial charge in [-0.15, -0.1) is 0 Å². The molecule has 1 aliphatic carbocycles. The fourth-order valence-electron chi connectivity index (χ4n) is 2.10. The average molecular weight is 314 g/mol. The van der Waals surface area contributed by atoms with Crippen LogP contribution in [0.2, 0.25) is 0 Å². The highest BCUT2D eigenvalue weighted by Crippen LogP contribution is 2.34. The molecule has 0 heterocycles. The van der Waals surface area contributed by atoms with Crippen LogP contribution in [0.25, 0.3) is 0 Å². The molecule has 1 aromatic carbocycles. The predicted octanol–water partition coefficient (Wildman–Crippen LogP) is 4.45. The minimum Gasteiger partial charge on any atom is -0.307 e. The Morgan fingerprint density at radius 2 is 2.07 bits per heavy atom. The molecule has 1 nitrogen and oxygen atoms in total. The van der Waals surface area contributed by atoms with Crippen molar-refractivity contribution in [3.05, 3.63) is 48.0 Å². The van der Waals surface area contributed by atoms with Crippen LogP contribution in [0.15, 0.2) is 42.5 Å². The lowest BCUT2D eigenvalue weighted by Crippen LogP contribution is -2.13. The highest BCUT2D eigenvalue weighted by Gasteiger charge is 2.22. The maximum absolute atomic E-state index is 5.59. The van der Waals surface area contributed by atoms with Gasteiger partial charge in [0.05, 0.1) is 0 Å². The van der Waals surface area contributed by atoms with Crippen LogP contribution in [0, 0.1) is 5.92 Å². The van der Waals surface area contributed by atoms with Crippen molar-refractivity contribution in [3.63, 3.8) is 0 Å². The van der Waals surface area contributed by atoms with Gasteiger partial charge in [0.25, 0.3) is 0 Å². The van der Waals surface area contributed by atoms with Crippen molar-refractivity contribution < 1.29 is 3.07 Å². The van der Waals surface area contributed by atoms with E-state index >= 15 is 0 Å². The van der Waals surface area contributed by atoms with Gasteiger partial charge in [-0.25, -0.2) is 0 Å². The number of halogens is 1. The molecule has 0 saturated heterocycles. The second-order valence-corrected chi connectivity index (χ2v) is 4.45. The van der Waals surface area contributed by atoms with Crippen molar-refractivity contribution >= 4 is 23.0 Å². The molecule has 80 valence electrons. The lowest BCUT2D eigenvalue weighted by atomic mass is 9.87. The van der Waals surface area contributed by atoms with Crippen LogP contribution in [0.5, 0.6) is 0 Å². The molecule has 2 atom stereocenters. The van der Waals surface area contributed by atoms with Crippen LogP contribution >= 0.6 is 23.0 Å². The maximum Gasteiger partial charge on any atom is 0.110 e. The largest absolute Gasteiger partial charge is 0.307 e. The first-order chi connectivity index (χ1) is 7.42. The summed E-state index contributed by atoms with van der Waals surface area (Å²) in [4.78, 5) is 0. The van der Waals surface area contributed by atoms with Crippen molar-refractivity contribution in [1.29, 1.82) is 0 Å². The van der Waals surface area contributed by atoms with Gasteiger partial charge in [-0.2, -0.15) is 0 Å². The molecule has 1 aliphatic rings. The number of benzene rings is 1. The lowest BCUT2D eigenvalue weighted by Gasteiger charge is -2.24. The van der Waals surface area contributed by atoms with E-state index in [1.165, 1.54) is 24.8 Å². The summed E-state index contributed by atoms with van der Waals surface area (Å²) >= 11 is 2.02. The number of rotatable bonds is 3. The summed E-state index contributed by atoms with van der Waals surface area (Å²) in [5.74, 6) is 0.540. The van der Waals surface area contributed by atoms with E-state index in [2.05, 4.69) is 36.4 Å². The van der Waals surface area contributed by atoms with Crippen LogP contribution in [0.1, 0.15) is 30.9 Å². The number of hydrogen-bond acceptors (Lipinski definition) is 1. The lowest BCUT2D eigenvalue weighted by molar-refractivity contribution is 0.213. The van der Waals surface area contributed by atoms with Gasteiger partial charge in [-0.05, 0) is 24.8 Å². The topological polar surface area (TPSA) is 9.23 Å². The molecule has 15 heavy (non-hydrogen) atoms. The molecule has 0 spiro atoms. The molecular weight excluding hydrogens is 299 g/mol. The standard InChI is InChI=1S/C13H15IO/c14-15-13(11-7-3-1-4-8-11)12-9-5-2-6-10-12/h1,3-5,7-9,12-13H,2,6,10H2. The minimum atomic E-state index is 0.211. The molecule has 2 rings (SSSR count). The van der Waals surface area contributed by atoms with Crippen LogP contribution in [0.4, 0.5) is 0 Å². The van der Waals surface area contributed by atoms with Crippen LogP contribution in [-0.4, -0.2) is 0 Å². The summed E-state index contributed by atoms with van der Waals surface area (Å²) < 4.78 is 5.59. The second-order valence-electron chi connectivity index (χ2n) is 3.94. The normalized spacial score (nSPS) is 22.6. The Bertz CT molecular complexity index is 321. The first-order valence-electron chi connectivity index (χ1n) is 5.41. The Labute approximate surface area is 105 Å². The van der Waals surface area contributed by atoms with Gasteiger partial charge in [0.1, 0.15) is 29.1 Å². The molecule has 2 unspecified atom stereocenters.